The number of carbonyl (C=O) groups excluding carboxylic acids is 2. The molecule has 3 aromatic carbocycles. The number of aliphatic hydroxyl groups excluding tert-OH is 1. The Morgan fingerprint density at radius 3 is 2.26 bits per heavy atom. The van der Waals surface area contributed by atoms with Gasteiger partial charge in [0.05, 0.1) is 29.9 Å². The van der Waals surface area contributed by atoms with E-state index < -0.39 is 17.7 Å². The monoisotopic (exact) mass is 491 g/mol. The molecule has 0 aliphatic carbocycles. The van der Waals surface area contributed by atoms with Crippen molar-refractivity contribution in [2.45, 2.75) is 26.8 Å². The molecule has 1 unspecified atom stereocenters. The summed E-state index contributed by atoms with van der Waals surface area (Å²) in [5, 5.41) is 11.6. The maximum atomic E-state index is 13.4. The lowest BCUT2D eigenvalue weighted by Crippen LogP contribution is -2.29. The number of anilines is 1. The van der Waals surface area contributed by atoms with Gasteiger partial charge in [-0.05, 0) is 74.4 Å². The van der Waals surface area contributed by atoms with Crippen LogP contribution in [0.3, 0.4) is 0 Å². The van der Waals surface area contributed by atoms with Gasteiger partial charge in [-0.2, -0.15) is 0 Å². The standard InChI is InChI=1S/C28H26ClNO5/c1-4-34-20-11-9-18(10-12-20)25-24(26(31)22-16-21(35-5-2)13-14-23(22)29)27(32)28(33)30(25)19-8-6-7-17(3)15-19/h6-16,25,31H,4-5H2,1-3H3/b26-24+. The van der Waals surface area contributed by atoms with E-state index in [4.69, 9.17) is 21.1 Å². The minimum Gasteiger partial charge on any atom is -0.507 e. The largest absolute Gasteiger partial charge is 0.507 e. The van der Waals surface area contributed by atoms with Crippen LogP contribution in [0.1, 0.15) is 36.6 Å². The molecule has 0 radical (unpaired) electrons. The second-order valence-corrected chi connectivity index (χ2v) is 8.49. The Morgan fingerprint density at radius 2 is 1.60 bits per heavy atom. The number of halogens is 1. The van der Waals surface area contributed by atoms with Crippen LogP contribution in [0.15, 0.2) is 72.3 Å². The smallest absolute Gasteiger partial charge is 0.300 e. The average Bonchev–Trinajstić information content (AvgIpc) is 3.11. The second-order valence-electron chi connectivity index (χ2n) is 8.08. The molecule has 1 atom stereocenters. The van der Waals surface area contributed by atoms with Crippen molar-refractivity contribution in [3.05, 3.63) is 94.0 Å². The van der Waals surface area contributed by atoms with E-state index in [9.17, 15) is 14.7 Å². The van der Waals surface area contributed by atoms with Gasteiger partial charge in [-0.15, -0.1) is 0 Å². The van der Waals surface area contributed by atoms with Gasteiger partial charge in [-0.1, -0.05) is 35.9 Å². The second kappa shape index (κ2) is 10.2. The number of carbonyl (C=O) groups is 2. The molecule has 3 aromatic rings. The van der Waals surface area contributed by atoms with E-state index in [0.29, 0.717) is 36.0 Å². The predicted molar refractivity (Wildman–Crippen MR) is 136 cm³/mol. The molecule has 35 heavy (non-hydrogen) atoms. The fraction of sp³-hybridized carbons (Fsp3) is 0.214. The molecule has 1 N–H and O–H groups in total. The molecule has 0 bridgehead atoms. The summed E-state index contributed by atoms with van der Waals surface area (Å²) in [6, 6.07) is 18.4. The van der Waals surface area contributed by atoms with Crippen LogP contribution in [-0.2, 0) is 9.59 Å². The van der Waals surface area contributed by atoms with Crippen LogP contribution in [0.25, 0.3) is 5.76 Å². The minimum atomic E-state index is -0.862. The average molecular weight is 492 g/mol. The zero-order chi connectivity index (χ0) is 25.1. The summed E-state index contributed by atoms with van der Waals surface area (Å²) in [6.45, 7) is 6.57. The molecule has 0 aromatic heterocycles. The SMILES string of the molecule is CCOc1ccc(C2/C(=C(\O)c3cc(OCC)ccc3Cl)C(=O)C(=O)N2c2cccc(C)c2)cc1. The maximum absolute atomic E-state index is 13.4. The Bertz CT molecular complexity index is 1300. The van der Waals surface area contributed by atoms with Gasteiger partial charge in [-0.3, -0.25) is 14.5 Å². The van der Waals surface area contributed by atoms with Crippen LogP contribution in [0.2, 0.25) is 5.02 Å². The molecule has 1 saturated heterocycles. The predicted octanol–water partition coefficient (Wildman–Crippen LogP) is 6.07. The third-order valence-electron chi connectivity index (χ3n) is 5.74. The highest BCUT2D eigenvalue weighted by Crippen LogP contribution is 2.43. The van der Waals surface area contributed by atoms with Crippen LogP contribution < -0.4 is 14.4 Å². The number of benzene rings is 3. The molecule has 6 nitrogen and oxygen atoms in total. The van der Waals surface area contributed by atoms with Crippen LogP contribution in [0, 0.1) is 6.92 Å². The van der Waals surface area contributed by atoms with Gasteiger partial charge in [0.15, 0.2) is 0 Å². The zero-order valence-electron chi connectivity index (χ0n) is 19.7. The zero-order valence-corrected chi connectivity index (χ0v) is 20.5. The summed E-state index contributed by atoms with van der Waals surface area (Å²) < 4.78 is 11.1. The molecular formula is C28H26ClNO5. The van der Waals surface area contributed by atoms with Crippen molar-refractivity contribution in [2.75, 3.05) is 18.1 Å². The van der Waals surface area contributed by atoms with E-state index in [2.05, 4.69) is 0 Å². The number of aliphatic hydroxyl groups is 1. The quantitative estimate of drug-likeness (QED) is 0.246. The number of ether oxygens (including phenoxy) is 2. The van der Waals surface area contributed by atoms with E-state index in [-0.39, 0.29) is 21.9 Å². The van der Waals surface area contributed by atoms with Gasteiger partial charge in [0.25, 0.3) is 11.7 Å². The Labute approximate surface area is 209 Å². The molecule has 1 heterocycles. The van der Waals surface area contributed by atoms with E-state index in [1.807, 2.05) is 39.0 Å². The van der Waals surface area contributed by atoms with E-state index >= 15 is 0 Å². The van der Waals surface area contributed by atoms with E-state index in [1.54, 1.807) is 48.5 Å². The number of ketones is 1. The maximum Gasteiger partial charge on any atom is 0.300 e. The van der Waals surface area contributed by atoms with Crippen molar-refractivity contribution in [3.8, 4) is 11.5 Å². The number of rotatable bonds is 7. The molecule has 7 heteroatoms. The number of Topliss-reactive ketones (excluding diaryl/α,β-unsaturated/α-hetero) is 1. The highest BCUT2D eigenvalue weighted by molar-refractivity contribution is 6.52. The Hall–Kier alpha value is -3.77. The first kappa shape index (κ1) is 24.4. The van der Waals surface area contributed by atoms with Crippen molar-refractivity contribution in [1.82, 2.24) is 0 Å². The fourth-order valence-electron chi connectivity index (χ4n) is 4.19. The highest BCUT2D eigenvalue weighted by Gasteiger charge is 2.47. The Morgan fingerprint density at radius 1 is 0.943 bits per heavy atom. The Balaban J connectivity index is 1.93. The van der Waals surface area contributed by atoms with Crippen LogP contribution in [0.5, 0.6) is 11.5 Å². The molecular weight excluding hydrogens is 466 g/mol. The number of hydrogen-bond donors (Lipinski definition) is 1. The van der Waals surface area contributed by atoms with E-state index in [0.717, 1.165) is 5.56 Å². The lowest BCUT2D eigenvalue weighted by molar-refractivity contribution is -0.132. The van der Waals surface area contributed by atoms with Crippen LogP contribution in [0.4, 0.5) is 5.69 Å². The van der Waals surface area contributed by atoms with E-state index in [1.165, 1.54) is 4.90 Å². The highest BCUT2D eigenvalue weighted by atomic mass is 35.5. The van der Waals surface area contributed by atoms with Crippen molar-refractivity contribution in [2.24, 2.45) is 0 Å². The summed E-state index contributed by atoms with van der Waals surface area (Å²) in [5.41, 5.74) is 2.31. The normalized spacial score (nSPS) is 17.0. The van der Waals surface area contributed by atoms with Gasteiger partial charge >= 0.3 is 0 Å². The number of aryl methyl sites for hydroxylation is 1. The molecule has 0 saturated carbocycles. The summed E-state index contributed by atoms with van der Waals surface area (Å²) in [4.78, 5) is 28.1. The molecule has 1 aliphatic heterocycles. The summed E-state index contributed by atoms with van der Waals surface area (Å²) >= 11 is 6.40. The lowest BCUT2D eigenvalue weighted by atomic mass is 9.95. The first-order valence-electron chi connectivity index (χ1n) is 11.4. The number of amides is 1. The molecule has 0 spiro atoms. The van der Waals surface area contributed by atoms with Crippen molar-refractivity contribution in [3.63, 3.8) is 0 Å². The molecule has 1 aliphatic rings. The van der Waals surface area contributed by atoms with Crippen molar-refractivity contribution in [1.29, 1.82) is 0 Å². The van der Waals surface area contributed by atoms with Gasteiger partial charge in [-0.25, -0.2) is 0 Å². The van der Waals surface area contributed by atoms with Crippen LogP contribution in [-0.4, -0.2) is 30.0 Å². The molecule has 1 amide bonds. The number of nitrogens with zero attached hydrogens (tertiary/aromatic N) is 1. The Kier molecular flexibility index (Phi) is 7.12. The molecule has 1 fully saturated rings. The third kappa shape index (κ3) is 4.75. The van der Waals surface area contributed by atoms with Crippen molar-refractivity contribution < 1.29 is 24.2 Å². The first-order chi connectivity index (χ1) is 16.8. The molecule has 4 rings (SSSR count). The molecule has 180 valence electrons. The summed E-state index contributed by atoms with van der Waals surface area (Å²) in [6.07, 6.45) is 0. The third-order valence-corrected chi connectivity index (χ3v) is 6.06. The number of hydrogen-bond acceptors (Lipinski definition) is 5. The summed E-state index contributed by atoms with van der Waals surface area (Å²) in [7, 11) is 0. The minimum absolute atomic E-state index is 0.0452. The fourth-order valence-corrected chi connectivity index (χ4v) is 4.40. The van der Waals surface area contributed by atoms with Crippen LogP contribution >= 0.6 is 11.6 Å². The lowest BCUT2D eigenvalue weighted by Gasteiger charge is -2.26. The van der Waals surface area contributed by atoms with Gasteiger partial charge in [0, 0.05) is 11.3 Å². The van der Waals surface area contributed by atoms with Crippen molar-refractivity contribution >= 4 is 34.7 Å². The topological polar surface area (TPSA) is 76.1 Å². The van der Waals surface area contributed by atoms with Gasteiger partial charge < -0.3 is 14.6 Å². The van der Waals surface area contributed by atoms with Gasteiger partial charge in [0.2, 0.25) is 0 Å². The van der Waals surface area contributed by atoms with Gasteiger partial charge in [0.1, 0.15) is 17.3 Å². The first-order valence-corrected chi connectivity index (χ1v) is 11.8. The summed E-state index contributed by atoms with van der Waals surface area (Å²) in [5.74, 6) is -0.724.